The minimum absolute atomic E-state index is 0.0922. The van der Waals surface area contributed by atoms with Crippen LogP contribution in [0.3, 0.4) is 0 Å². The van der Waals surface area contributed by atoms with Crippen LogP contribution in [0.5, 0.6) is 0 Å². The summed E-state index contributed by atoms with van der Waals surface area (Å²) in [6.45, 7) is 4.11. The van der Waals surface area contributed by atoms with Gasteiger partial charge in [0.2, 0.25) is 5.91 Å². The predicted molar refractivity (Wildman–Crippen MR) is 87.0 cm³/mol. The highest BCUT2D eigenvalue weighted by Gasteiger charge is 2.19. The van der Waals surface area contributed by atoms with E-state index >= 15 is 0 Å². The van der Waals surface area contributed by atoms with Gasteiger partial charge in [-0.3, -0.25) is 4.79 Å². The van der Waals surface area contributed by atoms with Crippen LogP contribution in [0.15, 0.2) is 47.2 Å². The molecule has 2 heterocycles. The highest BCUT2D eigenvalue weighted by Crippen LogP contribution is 2.16. The average molecular weight is 325 g/mol. The number of nitrogens with one attached hydrogen (secondary N) is 1. The molecule has 0 aliphatic heterocycles. The van der Waals surface area contributed by atoms with Crippen molar-refractivity contribution in [3.63, 3.8) is 0 Å². The Morgan fingerprint density at radius 3 is 2.54 bits per heavy atom. The Labute approximate surface area is 139 Å². The van der Waals surface area contributed by atoms with Crippen LogP contribution in [0.25, 0.3) is 0 Å². The summed E-state index contributed by atoms with van der Waals surface area (Å²) in [7, 11) is 0. The second kappa shape index (κ2) is 7.08. The molecule has 0 saturated heterocycles. The third-order valence-electron chi connectivity index (χ3n) is 3.87. The molecule has 0 aliphatic rings. The molecule has 124 valence electrons. The maximum Gasteiger partial charge on any atom is 0.225 e. The first-order valence-corrected chi connectivity index (χ1v) is 7.73. The van der Waals surface area contributed by atoms with E-state index in [0.717, 1.165) is 16.8 Å². The molecular weight excluding hydrogens is 306 g/mol. The van der Waals surface area contributed by atoms with E-state index in [4.69, 9.17) is 4.52 Å². The Hall–Kier alpha value is -2.96. The first kappa shape index (κ1) is 15.9. The van der Waals surface area contributed by atoms with Crippen molar-refractivity contribution in [1.82, 2.24) is 25.5 Å². The Morgan fingerprint density at radius 2 is 1.92 bits per heavy atom. The molecular formula is C17H19N5O2. The van der Waals surface area contributed by atoms with E-state index in [9.17, 15) is 4.79 Å². The van der Waals surface area contributed by atoms with Crippen LogP contribution in [0.1, 0.15) is 28.6 Å². The lowest BCUT2D eigenvalue weighted by Gasteiger charge is -2.18. The summed E-state index contributed by atoms with van der Waals surface area (Å²) < 4.78 is 5.12. The topological polar surface area (TPSA) is 85.8 Å². The molecule has 0 radical (unpaired) electrons. The number of amides is 1. The van der Waals surface area contributed by atoms with Gasteiger partial charge in [0.25, 0.3) is 0 Å². The van der Waals surface area contributed by atoms with Gasteiger partial charge in [-0.2, -0.15) is 15.0 Å². The molecule has 7 nitrogen and oxygen atoms in total. The first-order valence-electron chi connectivity index (χ1n) is 7.73. The number of hydrogen-bond donors (Lipinski definition) is 1. The summed E-state index contributed by atoms with van der Waals surface area (Å²) in [6, 6.07) is 9.57. The maximum absolute atomic E-state index is 12.5. The summed E-state index contributed by atoms with van der Waals surface area (Å²) in [5, 5.41) is 15.2. The highest BCUT2D eigenvalue weighted by molar-refractivity contribution is 5.79. The molecule has 1 amide bonds. The lowest BCUT2D eigenvalue weighted by Crippen LogP contribution is -2.33. The van der Waals surface area contributed by atoms with Gasteiger partial charge in [0, 0.05) is 5.56 Å². The fourth-order valence-corrected chi connectivity index (χ4v) is 2.58. The van der Waals surface area contributed by atoms with Gasteiger partial charge in [0.1, 0.15) is 5.76 Å². The van der Waals surface area contributed by atoms with Crippen molar-refractivity contribution in [2.75, 3.05) is 0 Å². The lowest BCUT2D eigenvalue weighted by atomic mass is 10.1. The second-order valence-electron chi connectivity index (χ2n) is 5.59. The fourth-order valence-electron chi connectivity index (χ4n) is 2.58. The molecule has 0 bridgehead atoms. The van der Waals surface area contributed by atoms with Gasteiger partial charge in [0.05, 0.1) is 37.1 Å². The smallest absolute Gasteiger partial charge is 0.225 e. The molecule has 0 spiro atoms. The summed E-state index contributed by atoms with van der Waals surface area (Å²) in [5.41, 5.74) is 2.58. The van der Waals surface area contributed by atoms with Gasteiger partial charge in [-0.15, -0.1) is 0 Å². The van der Waals surface area contributed by atoms with Crippen LogP contribution in [0.2, 0.25) is 0 Å². The van der Waals surface area contributed by atoms with E-state index in [1.54, 1.807) is 17.2 Å². The lowest BCUT2D eigenvalue weighted by molar-refractivity contribution is -0.121. The summed E-state index contributed by atoms with van der Waals surface area (Å²) in [5.74, 6) is 0.582. The van der Waals surface area contributed by atoms with Crippen molar-refractivity contribution in [2.45, 2.75) is 32.9 Å². The van der Waals surface area contributed by atoms with Crippen molar-refractivity contribution in [3.05, 3.63) is 65.3 Å². The zero-order valence-corrected chi connectivity index (χ0v) is 13.6. The van der Waals surface area contributed by atoms with E-state index in [2.05, 4.69) is 20.7 Å². The van der Waals surface area contributed by atoms with Crippen LogP contribution < -0.4 is 5.32 Å². The Morgan fingerprint density at radius 1 is 1.21 bits per heavy atom. The summed E-state index contributed by atoms with van der Waals surface area (Å²) >= 11 is 0. The van der Waals surface area contributed by atoms with Crippen molar-refractivity contribution in [1.29, 1.82) is 0 Å². The normalized spacial score (nSPS) is 12.1. The minimum Gasteiger partial charge on any atom is -0.361 e. The monoisotopic (exact) mass is 325 g/mol. The molecule has 3 rings (SSSR count). The molecule has 0 aliphatic carbocycles. The zero-order valence-electron chi connectivity index (χ0n) is 13.6. The number of aryl methyl sites for hydroxylation is 2. The van der Waals surface area contributed by atoms with Gasteiger partial charge in [-0.25, -0.2) is 0 Å². The number of aromatic nitrogens is 4. The maximum atomic E-state index is 12.5. The molecule has 1 atom stereocenters. The van der Waals surface area contributed by atoms with Crippen LogP contribution in [-0.4, -0.2) is 26.1 Å². The van der Waals surface area contributed by atoms with E-state index in [0.29, 0.717) is 12.3 Å². The predicted octanol–water partition coefficient (Wildman–Crippen LogP) is 1.98. The van der Waals surface area contributed by atoms with Crippen LogP contribution >= 0.6 is 0 Å². The van der Waals surface area contributed by atoms with Gasteiger partial charge >= 0.3 is 0 Å². The average Bonchev–Trinajstić information content (AvgIpc) is 3.20. The van der Waals surface area contributed by atoms with Crippen molar-refractivity contribution in [3.8, 4) is 0 Å². The molecule has 0 fully saturated rings. The van der Waals surface area contributed by atoms with Crippen molar-refractivity contribution >= 4 is 5.91 Å². The summed E-state index contributed by atoms with van der Waals surface area (Å²) in [6.07, 6.45) is 3.47. The van der Waals surface area contributed by atoms with E-state index in [1.165, 1.54) is 0 Å². The largest absolute Gasteiger partial charge is 0.361 e. The Bertz CT molecular complexity index is 776. The first-order chi connectivity index (χ1) is 11.6. The van der Waals surface area contributed by atoms with Crippen molar-refractivity contribution < 1.29 is 9.32 Å². The quantitative estimate of drug-likeness (QED) is 0.749. The molecule has 0 saturated carbocycles. The molecule has 3 aromatic rings. The minimum atomic E-state index is -0.216. The standard InChI is InChI=1S/C17H19N5O2/c1-12-15(13(2)24-21-12)10-17(23)20-16(11-22-18-8-9-19-22)14-6-4-3-5-7-14/h3-9,16H,10-11H2,1-2H3,(H,20,23). The van der Waals surface area contributed by atoms with E-state index in [-0.39, 0.29) is 18.4 Å². The van der Waals surface area contributed by atoms with Gasteiger partial charge in [0.15, 0.2) is 0 Å². The molecule has 1 aromatic carbocycles. The van der Waals surface area contributed by atoms with Gasteiger partial charge in [-0.05, 0) is 19.4 Å². The number of rotatable bonds is 6. The molecule has 7 heteroatoms. The Balaban J connectivity index is 1.75. The highest BCUT2D eigenvalue weighted by atomic mass is 16.5. The second-order valence-corrected chi connectivity index (χ2v) is 5.59. The SMILES string of the molecule is Cc1noc(C)c1CC(=O)NC(Cn1nccn1)c1ccccc1. The third-order valence-corrected chi connectivity index (χ3v) is 3.87. The number of carbonyl (C=O) groups excluding carboxylic acids is 1. The van der Waals surface area contributed by atoms with Gasteiger partial charge < -0.3 is 9.84 Å². The fraction of sp³-hybridized carbons (Fsp3) is 0.294. The summed E-state index contributed by atoms with van der Waals surface area (Å²) in [4.78, 5) is 14.1. The van der Waals surface area contributed by atoms with E-state index in [1.807, 2.05) is 44.2 Å². The molecule has 2 aromatic heterocycles. The zero-order chi connectivity index (χ0) is 16.9. The van der Waals surface area contributed by atoms with Crippen LogP contribution in [-0.2, 0) is 17.8 Å². The molecule has 24 heavy (non-hydrogen) atoms. The van der Waals surface area contributed by atoms with Crippen molar-refractivity contribution in [2.24, 2.45) is 0 Å². The van der Waals surface area contributed by atoms with Gasteiger partial charge in [-0.1, -0.05) is 35.5 Å². The number of nitrogens with zero attached hydrogens (tertiary/aromatic N) is 4. The Kier molecular flexibility index (Phi) is 4.69. The number of carbonyl (C=O) groups is 1. The van der Waals surface area contributed by atoms with E-state index < -0.39 is 0 Å². The molecule has 1 N–H and O–H groups in total. The van der Waals surface area contributed by atoms with Crippen LogP contribution in [0, 0.1) is 13.8 Å². The number of benzene rings is 1. The van der Waals surface area contributed by atoms with Crippen LogP contribution in [0.4, 0.5) is 0 Å². The third kappa shape index (κ3) is 3.68. The number of hydrogen-bond acceptors (Lipinski definition) is 5. The molecule has 1 unspecified atom stereocenters.